The summed E-state index contributed by atoms with van der Waals surface area (Å²) in [6.07, 6.45) is 5.16. The summed E-state index contributed by atoms with van der Waals surface area (Å²) in [6, 6.07) is 16.8. The van der Waals surface area contributed by atoms with E-state index in [-0.39, 0.29) is 0 Å². The molecule has 0 heteroatoms. The molecule has 0 amide bonds. The molecule has 0 nitrogen and oxygen atoms in total. The summed E-state index contributed by atoms with van der Waals surface area (Å²) in [4.78, 5) is 0. The number of hydrogen-bond donors (Lipinski definition) is 0. The minimum absolute atomic E-state index is 1.07. The van der Waals surface area contributed by atoms with Crippen molar-refractivity contribution in [3.05, 3.63) is 98.1 Å². The Kier molecular flexibility index (Phi) is 6.70. The molecule has 0 saturated heterocycles. The van der Waals surface area contributed by atoms with Gasteiger partial charge in [0.2, 0.25) is 0 Å². The molecule has 21 heavy (non-hydrogen) atoms. The lowest BCUT2D eigenvalue weighted by Gasteiger charge is -2.09. The second-order valence-corrected chi connectivity index (χ2v) is 4.62. The third-order valence-electron chi connectivity index (χ3n) is 3.01. The standard InChI is InChI=1S/C17H16.C4H6/c1-4-14-12-16(10-11-17(14)13(2)3)15-8-6-5-7-9-15;1-3-4-2/h4-12H,1-2H2,3H3;3-4H,1-2H2. The van der Waals surface area contributed by atoms with E-state index in [0.29, 0.717) is 0 Å². The van der Waals surface area contributed by atoms with Gasteiger partial charge in [0.1, 0.15) is 0 Å². The number of benzene rings is 2. The highest BCUT2D eigenvalue weighted by Crippen LogP contribution is 2.26. The van der Waals surface area contributed by atoms with Crippen LogP contribution in [0, 0.1) is 0 Å². The van der Waals surface area contributed by atoms with Gasteiger partial charge in [0.15, 0.2) is 0 Å². The molecule has 0 fully saturated rings. The molecule has 0 aliphatic carbocycles. The first-order valence-electron chi connectivity index (χ1n) is 6.85. The fourth-order valence-electron chi connectivity index (χ4n) is 1.93. The molecule has 0 aliphatic heterocycles. The summed E-state index contributed by atoms with van der Waals surface area (Å²) in [5, 5.41) is 0. The molecule has 0 unspecified atom stereocenters. The van der Waals surface area contributed by atoms with Gasteiger partial charge in [0, 0.05) is 0 Å². The molecule has 2 rings (SSSR count). The van der Waals surface area contributed by atoms with E-state index in [1.807, 2.05) is 19.1 Å². The molecule has 0 saturated carbocycles. The van der Waals surface area contributed by atoms with Crippen molar-refractivity contribution < 1.29 is 0 Å². The Labute approximate surface area is 128 Å². The van der Waals surface area contributed by atoms with E-state index in [0.717, 1.165) is 11.1 Å². The monoisotopic (exact) mass is 274 g/mol. The predicted molar refractivity (Wildman–Crippen MR) is 97.1 cm³/mol. The van der Waals surface area contributed by atoms with E-state index >= 15 is 0 Å². The van der Waals surface area contributed by atoms with Gasteiger partial charge in [-0.3, -0.25) is 0 Å². The van der Waals surface area contributed by atoms with Crippen LogP contribution in [0.4, 0.5) is 0 Å². The maximum absolute atomic E-state index is 3.99. The molecule has 0 radical (unpaired) electrons. The van der Waals surface area contributed by atoms with Gasteiger partial charge in [-0.05, 0) is 35.2 Å². The zero-order valence-electron chi connectivity index (χ0n) is 12.7. The van der Waals surface area contributed by atoms with Crippen molar-refractivity contribution in [2.75, 3.05) is 0 Å². The number of hydrogen-bond acceptors (Lipinski definition) is 0. The lowest BCUT2D eigenvalue weighted by Crippen LogP contribution is -1.86. The Balaban J connectivity index is 0.000000491. The number of rotatable bonds is 4. The van der Waals surface area contributed by atoms with E-state index in [2.05, 4.69) is 68.8 Å². The molecule has 0 N–H and O–H groups in total. The van der Waals surface area contributed by atoms with E-state index in [9.17, 15) is 0 Å². The Morgan fingerprint density at radius 1 is 0.857 bits per heavy atom. The van der Waals surface area contributed by atoms with Gasteiger partial charge in [-0.1, -0.05) is 92.6 Å². The molecule has 0 bridgehead atoms. The highest BCUT2D eigenvalue weighted by Gasteiger charge is 2.03. The molecule has 106 valence electrons. The van der Waals surface area contributed by atoms with Crippen LogP contribution in [0.2, 0.25) is 0 Å². The lowest BCUT2D eigenvalue weighted by atomic mass is 9.96. The first-order chi connectivity index (χ1) is 10.1. The molecule has 0 aliphatic rings. The largest absolute Gasteiger partial charge is 0.0991 e. The Hall–Kier alpha value is -2.60. The van der Waals surface area contributed by atoms with Crippen molar-refractivity contribution in [2.24, 2.45) is 0 Å². The van der Waals surface area contributed by atoms with Crippen molar-refractivity contribution in [1.82, 2.24) is 0 Å². The van der Waals surface area contributed by atoms with Crippen LogP contribution in [0.3, 0.4) is 0 Å². The van der Waals surface area contributed by atoms with Crippen LogP contribution in [0.1, 0.15) is 18.1 Å². The quantitative estimate of drug-likeness (QED) is 0.567. The topological polar surface area (TPSA) is 0 Å². The van der Waals surface area contributed by atoms with Gasteiger partial charge < -0.3 is 0 Å². The minimum atomic E-state index is 1.07. The van der Waals surface area contributed by atoms with E-state index < -0.39 is 0 Å². The highest BCUT2D eigenvalue weighted by molar-refractivity contribution is 5.76. The van der Waals surface area contributed by atoms with E-state index in [1.165, 1.54) is 16.7 Å². The summed E-state index contributed by atoms with van der Waals surface area (Å²) in [5.74, 6) is 0. The van der Waals surface area contributed by atoms with Gasteiger partial charge in [0.25, 0.3) is 0 Å². The Morgan fingerprint density at radius 2 is 1.48 bits per heavy atom. The van der Waals surface area contributed by atoms with Gasteiger partial charge in [-0.25, -0.2) is 0 Å². The molecule has 0 aromatic heterocycles. The Bertz CT molecular complexity index is 624. The first-order valence-corrected chi connectivity index (χ1v) is 6.85. The molecular formula is C21H22. The Morgan fingerprint density at radius 3 is 1.95 bits per heavy atom. The molecular weight excluding hydrogens is 252 g/mol. The normalized spacial score (nSPS) is 9.00. The van der Waals surface area contributed by atoms with Gasteiger partial charge >= 0.3 is 0 Å². The van der Waals surface area contributed by atoms with Crippen LogP contribution >= 0.6 is 0 Å². The lowest BCUT2D eigenvalue weighted by molar-refractivity contribution is 1.53. The molecule has 0 heterocycles. The maximum atomic E-state index is 3.99. The van der Waals surface area contributed by atoms with Crippen molar-refractivity contribution in [2.45, 2.75) is 6.92 Å². The van der Waals surface area contributed by atoms with Gasteiger partial charge in [0.05, 0.1) is 0 Å². The molecule has 0 atom stereocenters. The van der Waals surface area contributed by atoms with Crippen molar-refractivity contribution in [1.29, 1.82) is 0 Å². The van der Waals surface area contributed by atoms with Crippen molar-refractivity contribution in [3.8, 4) is 11.1 Å². The first kappa shape index (κ1) is 16.5. The summed E-state index contributed by atoms with van der Waals surface area (Å²) in [7, 11) is 0. The van der Waals surface area contributed by atoms with Gasteiger partial charge in [-0.2, -0.15) is 0 Å². The van der Waals surface area contributed by atoms with Crippen LogP contribution in [0.25, 0.3) is 22.8 Å². The number of allylic oxidation sites excluding steroid dienone is 3. The second kappa shape index (κ2) is 8.55. The van der Waals surface area contributed by atoms with E-state index in [4.69, 9.17) is 0 Å². The average Bonchev–Trinajstić information content (AvgIpc) is 2.55. The summed E-state index contributed by atoms with van der Waals surface area (Å²) in [6.45, 7) is 16.6. The van der Waals surface area contributed by atoms with Crippen LogP contribution in [0.15, 0.2) is 87.0 Å². The smallest absolute Gasteiger partial charge is 0.0160 e. The maximum Gasteiger partial charge on any atom is -0.0160 e. The third-order valence-corrected chi connectivity index (χ3v) is 3.01. The SMILES string of the molecule is C=CC=C.C=Cc1cc(-c2ccccc2)ccc1C(=C)C. The van der Waals surface area contributed by atoms with Crippen LogP contribution in [0.5, 0.6) is 0 Å². The van der Waals surface area contributed by atoms with Crippen molar-refractivity contribution in [3.63, 3.8) is 0 Å². The van der Waals surface area contributed by atoms with Gasteiger partial charge in [-0.15, -0.1) is 0 Å². The average molecular weight is 274 g/mol. The second-order valence-electron chi connectivity index (χ2n) is 4.62. The van der Waals surface area contributed by atoms with Crippen LogP contribution < -0.4 is 0 Å². The zero-order chi connectivity index (χ0) is 15.7. The predicted octanol–water partition coefficient (Wildman–Crippen LogP) is 6.39. The molecule has 2 aromatic rings. The highest BCUT2D eigenvalue weighted by atomic mass is 14.1. The summed E-state index contributed by atoms with van der Waals surface area (Å²) in [5.41, 5.74) is 5.81. The van der Waals surface area contributed by atoms with Crippen LogP contribution in [-0.4, -0.2) is 0 Å². The zero-order valence-corrected chi connectivity index (χ0v) is 12.7. The molecule has 0 spiro atoms. The van der Waals surface area contributed by atoms with E-state index in [1.54, 1.807) is 12.2 Å². The van der Waals surface area contributed by atoms with Crippen LogP contribution in [-0.2, 0) is 0 Å². The third kappa shape index (κ3) is 4.77. The molecule has 2 aromatic carbocycles. The van der Waals surface area contributed by atoms with Crippen molar-refractivity contribution >= 4 is 11.6 Å². The minimum Gasteiger partial charge on any atom is -0.0991 e. The summed E-state index contributed by atoms with van der Waals surface area (Å²) < 4.78 is 0. The summed E-state index contributed by atoms with van der Waals surface area (Å²) >= 11 is 0. The fraction of sp³-hybridized carbons (Fsp3) is 0.0476. The fourth-order valence-corrected chi connectivity index (χ4v) is 1.93.